The normalized spacial score (nSPS) is 28.6. The number of aliphatic hydroxyl groups excluding tert-OH is 4. The molecule has 2 aliphatic rings. The van der Waals surface area contributed by atoms with Gasteiger partial charge in [-0.2, -0.15) is 0 Å². The fraction of sp³-hybridized carbons (Fsp3) is 0.419. The number of benzene rings is 3. The van der Waals surface area contributed by atoms with Crippen molar-refractivity contribution in [3.8, 4) is 11.5 Å². The zero-order chi connectivity index (χ0) is 27.0. The molecule has 0 radical (unpaired) electrons. The summed E-state index contributed by atoms with van der Waals surface area (Å²) >= 11 is 0. The Morgan fingerprint density at radius 3 is 2.39 bits per heavy atom. The lowest BCUT2D eigenvalue weighted by Crippen LogP contribution is -2.55. The molecule has 1 fully saturated rings. The van der Waals surface area contributed by atoms with Gasteiger partial charge in [0.2, 0.25) is 0 Å². The topological polar surface area (TPSA) is 109 Å². The highest BCUT2D eigenvalue weighted by molar-refractivity contribution is 5.44. The van der Waals surface area contributed by atoms with Crippen LogP contribution in [0.25, 0.3) is 0 Å². The number of ether oxygens (including phenoxy) is 3. The maximum absolute atomic E-state index is 10.5. The van der Waals surface area contributed by atoms with Gasteiger partial charge < -0.3 is 34.6 Å². The smallest absolute Gasteiger partial charge is 0.144 e. The summed E-state index contributed by atoms with van der Waals surface area (Å²) in [5.74, 6) is 1.71. The monoisotopic (exact) mass is 520 g/mol. The van der Waals surface area contributed by atoms with E-state index in [9.17, 15) is 20.4 Å². The highest BCUT2D eigenvalue weighted by atomic mass is 16.6. The second-order valence-corrected chi connectivity index (χ2v) is 10.8. The first-order valence-electron chi connectivity index (χ1n) is 13.1. The van der Waals surface area contributed by atoms with E-state index in [4.69, 9.17) is 14.2 Å². The van der Waals surface area contributed by atoms with Gasteiger partial charge in [-0.05, 0) is 73.2 Å². The van der Waals surface area contributed by atoms with Crippen LogP contribution in [-0.4, -0.2) is 63.7 Å². The molecule has 7 heteroatoms. The number of aliphatic hydroxyl groups is 4. The Kier molecular flexibility index (Phi) is 7.49. The van der Waals surface area contributed by atoms with Gasteiger partial charge in [0.1, 0.15) is 54.2 Å². The van der Waals surface area contributed by atoms with E-state index in [-0.39, 0.29) is 0 Å². The quantitative estimate of drug-likeness (QED) is 0.379. The third-order valence-electron chi connectivity index (χ3n) is 7.73. The average molecular weight is 521 g/mol. The Hall–Kier alpha value is -2.94. The average Bonchev–Trinajstić information content (AvgIpc) is 3.26. The summed E-state index contributed by atoms with van der Waals surface area (Å²) in [4.78, 5) is 0. The summed E-state index contributed by atoms with van der Waals surface area (Å²) in [5, 5.41) is 40.3. The van der Waals surface area contributed by atoms with Gasteiger partial charge in [-0.25, -0.2) is 0 Å². The molecule has 38 heavy (non-hydrogen) atoms. The molecule has 0 spiro atoms. The molecule has 2 unspecified atom stereocenters. The van der Waals surface area contributed by atoms with Crippen LogP contribution in [0.1, 0.15) is 46.4 Å². The molecule has 1 saturated heterocycles. The minimum absolute atomic E-state index is 0.408. The molecule has 3 aromatic rings. The Balaban J connectivity index is 1.24. The lowest BCUT2D eigenvalue weighted by molar-refractivity contribution is -0.231. The molecule has 0 saturated carbocycles. The number of hydrogen-bond acceptors (Lipinski definition) is 7. The first-order valence-corrected chi connectivity index (χ1v) is 13.1. The second-order valence-electron chi connectivity index (χ2n) is 10.8. The fourth-order valence-electron chi connectivity index (χ4n) is 5.35. The molecule has 0 bridgehead atoms. The molecule has 5 rings (SSSR count). The van der Waals surface area contributed by atoms with E-state index < -0.39 is 42.7 Å². The molecular formula is C31H36O7. The largest absolute Gasteiger partial charge is 0.489 e. The zero-order valence-corrected chi connectivity index (χ0v) is 22.0. The maximum Gasteiger partial charge on any atom is 0.144 e. The lowest BCUT2D eigenvalue weighted by Gasteiger charge is -2.40. The predicted octanol–water partition coefficient (Wildman–Crippen LogP) is 3.18. The van der Waals surface area contributed by atoms with Crippen molar-refractivity contribution in [2.45, 2.75) is 69.7 Å². The third-order valence-corrected chi connectivity index (χ3v) is 7.73. The highest BCUT2D eigenvalue weighted by Crippen LogP contribution is 2.37. The first-order chi connectivity index (χ1) is 18.2. The zero-order valence-electron chi connectivity index (χ0n) is 22.0. The summed E-state index contributed by atoms with van der Waals surface area (Å²) < 4.78 is 18.1. The Bertz CT molecular complexity index is 1270. The molecule has 2 heterocycles. The van der Waals surface area contributed by atoms with Crippen LogP contribution < -0.4 is 9.47 Å². The van der Waals surface area contributed by atoms with Gasteiger partial charge >= 0.3 is 0 Å². The second kappa shape index (κ2) is 10.7. The van der Waals surface area contributed by atoms with E-state index in [0.717, 1.165) is 34.6 Å². The summed E-state index contributed by atoms with van der Waals surface area (Å²) in [6.45, 7) is 6.19. The van der Waals surface area contributed by atoms with E-state index in [2.05, 4.69) is 19.9 Å². The van der Waals surface area contributed by atoms with Crippen molar-refractivity contribution in [2.24, 2.45) is 0 Å². The molecule has 0 aliphatic carbocycles. The summed E-state index contributed by atoms with van der Waals surface area (Å²) in [6.07, 6.45) is -4.40. The Morgan fingerprint density at radius 1 is 0.921 bits per heavy atom. The van der Waals surface area contributed by atoms with Crippen molar-refractivity contribution in [1.82, 2.24) is 0 Å². The minimum Gasteiger partial charge on any atom is -0.489 e. The van der Waals surface area contributed by atoms with Gasteiger partial charge in [-0.15, -0.1) is 0 Å². The van der Waals surface area contributed by atoms with Gasteiger partial charge in [-0.1, -0.05) is 42.5 Å². The van der Waals surface area contributed by atoms with E-state index in [1.165, 1.54) is 11.1 Å². The van der Waals surface area contributed by atoms with Crippen molar-refractivity contribution in [1.29, 1.82) is 0 Å². The van der Waals surface area contributed by atoms with Crippen LogP contribution in [0.4, 0.5) is 0 Å². The molecular weight excluding hydrogens is 484 g/mol. The van der Waals surface area contributed by atoms with Crippen LogP contribution >= 0.6 is 0 Å². The van der Waals surface area contributed by atoms with Crippen molar-refractivity contribution in [2.75, 3.05) is 13.2 Å². The Morgan fingerprint density at radius 2 is 1.68 bits per heavy atom. The molecule has 6 atom stereocenters. The first kappa shape index (κ1) is 26.7. The predicted molar refractivity (Wildman–Crippen MR) is 143 cm³/mol. The van der Waals surface area contributed by atoms with E-state index in [0.29, 0.717) is 18.6 Å². The van der Waals surface area contributed by atoms with E-state index >= 15 is 0 Å². The number of aryl methyl sites for hydroxylation is 2. The van der Waals surface area contributed by atoms with Gasteiger partial charge in [-0.3, -0.25) is 0 Å². The lowest BCUT2D eigenvalue weighted by atomic mass is 9.89. The van der Waals surface area contributed by atoms with Crippen LogP contribution in [0.2, 0.25) is 0 Å². The molecule has 7 nitrogen and oxygen atoms in total. The van der Waals surface area contributed by atoms with Crippen molar-refractivity contribution >= 4 is 0 Å². The maximum atomic E-state index is 10.5. The SMILES string of the molecule is Cc1ccc([C@@H]2OC(CO)[C@@H](O)[C@H](O)[C@H]2O)cc1Cc1ccc(OCC2(C)Cc3c(C)cccc3O2)cc1. The molecule has 0 amide bonds. The summed E-state index contributed by atoms with van der Waals surface area (Å²) in [7, 11) is 0. The van der Waals surface area contributed by atoms with E-state index in [1.807, 2.05) is 61.5 Å². The number of fused-ring (bicyclic) bond motifs is 1. The Labute approximate surface area is 223 Å². The van der Waals surface area contributed by atoms with Crippen molar-refractivity contribution in [3.05, 3.63) is 94.0 Å². The molecule has 3 aromatic carbocycles. The fourth-order valence-corrected chi connectivity index (χ4v) is 5.35. The molecule has 0 aromatic heterocycles. The number of rotatable bonds is 7. The summed E-state index contributed by atoms with van der Waals surface area (Å²) in [5.41, 5.74) is 5.99. The van der Waals surface area contributed by atoms with Gasteiger partial charge in [0, 0.05) is 12.0 Å². The van der Waals surface area contributed by atoms with Crippen LogP contribution in [-0.2, 0) is 17.6 Å². The highest BCUT2D eigenvalue weighted by Gasteiger charge is 2.44. The van der Waals surface area contributed by atoms with Crippen LogP contribution in [0.15, 0.2) is 60.7 Å². The minimum atomic E-state index is -1.40. The van der Waals surface area contributed by atoms with Crippen LogP contribution in [0, 0.1) is 13.8 Å². The summed E-state index contributed by atoms with van der Waals surface area (Å²) in [6, 6.07) is 19.9. The third kappa shape index (κ3) is 5.30. The van der Waals surface area contributed by atoms with Crippen LogP contribution in [0.3, 0.4) is 0 Å². The van der Waals surface area contributed by atoms with Gasteiger partial charge in [0.05, 0.1) is 6.61 Å². The van der Waals surface area contributed by atoms with Crippen LogP contribution in [0.5, 0.6) is 11.5 Å². The molecule has 2 aliphatic heterocycles. The number of hydrogen-bond donors (Lipinski definition) is 4. The molecule has 4 N–H and O–H groups in total. The van der Waals surface area contributed by atoms with Gasteiger partial charge in [0.25, 0.3) is 0 Å². The van der Waals surface area contributed by atoms with Gasteiger partial charge in [0.15, 0.2) is 0 Å². The standard InChI is InChI=1S/C31H36O7/c1-18-7-10-21(30-29(35)28(34)27(33)26(16-32)37-30)14-22(18)13-20-8-11-23(12-9-20)36-17-31(3)15-24-19(2)5-4-6-25(24)38-31/h4-12,14,26-30,32-35H,13,15-17H2,1-3H3/t26?,27-,28+,29-,30+,31?/m1/s1. The van der Waals surface area contributed by atoms with E-state index in [1.54, 1.807) is 0 Å². The van der Waals surface area contributed by atoms with Crippen molar-refractivity contribution in [3.63, 3.8) is 0 Å². The van der Waals surface area contributed by atoms with Crippen molar-refractivity contribution < 1.29 is 34.6 Å². The molecule has 202 valence electrons.